The van der Waals surface area contributed by atoms with Crippen molar-refractivity contribution in [2.75, 3.05) is 33.7 Å². The molecule has 0 radical (unpaired) electrons. The van der Waals surface area contributed by atoms with E-state index in [-0.39, 0.29) is 0 Å². The molecule has 1 atom stereocenters. The fourth-order valence-corrected chi connectivity index (χ4v) is 3.43. The Kier molecular flexibility index (Phi) is 6.07. The Morgan fingerprint density at radius 3 is 2.50 bits per heavy atom. The van der Waals surface area contributed by atoms with E-state index in [9.17, 15) is 0 Å². The Hall–Kier alpha value is -1.62. The van der Waals surface area contributed by atoms with Crippen molar-refractivity contribution in [2.45, 2.75) is 31.5 Å². The third-order valence-corrected chi connectivity index (χ3v) is 4.93. The van der Waals surface area contributed by atoms with E-state index in [1.54, 1.807) is 6.26 Å². The van der Waals surface area contributed by atoms with Gasteiger partial charge in [0.05, 0.1) is 12.3 Å². The highest BCUT2D eigenvalue weighted by molar-refractivity contribution is 5.14. The molecule has 4 heteroatoms. The van der Waals surface area contributed by atoms with Gasteiger partial charge in [0.1, 0.15) is 5.76 Å². The number of benzene rings is 1. The van der Waals surface area contributed by atoms with Gasteiger partial charge in [-0.15, -0.1) is 0 Å². The van der Waals surface area contributed by atoms with Crippen molar-refractivity contribution in [3.05, 3.63) is 60.1 Å². The van der Waals surface area contributed by atoms with Crippen LogP contribution < -0.4 is 5.32 Å². The smallest absolute Gasteiger partial charge is 0.122 e. The van der Waals surface area contributed by atoms with Crippen molar-refractivity contribution in [1.82, 2.24) is 15.1 Å². The summed E-state index contributed by atoms with van der Waals surface area (Å²) in [5, 5.41) is 3.75. The van der Waals surface area contributed by atoms with Crippen LogP contribution in [0.5, 0.6) is 0 Å². The van der Waals surface area contributed by atoms with Crippen LogP contribution in [0.4, 0.5) is 0 Å². The number of piperidine rings is 1. The summed E-state index contributed by atoms with van der Waals surface area (Å²) in [5.74, 6) is 1.04. The summed E-state index contributed by atoms with van der Waals surface area (Å²) < 4.78 is 5.59. The maximum absolute atomic E-state index is 5.59. The van der Waals surface area contributed by atoms with Gasteiger partial charge >= 0.3 is 0 Å². The second kappa shape index (κ2) is 8.47. The van der Waals surface area contributed by atoms with Crippen molar-refractivity contribution in [3.63, 3.8) is 0 Å². The van der Waals surface area contributed by atoms with Crippen LogP contribution in [0.1, 0.15) is 30.2 Å². The van der Waals surface area contributed by atoms with Gasteiger partial charge < -0.3 is 9.73 Å². The first kappa shape index (κ1) is 17.2. The lowest BCUT2D eigenvalue weighted by Crippen LogP contribution is -2.44. The number of likely N-dealkylation sites (tertiary alicyclic amines) is 1. The molecule has 4 nitrogen and oxygen atoms in total. The molecule has 0 bridgehead atoms. The Bertz CT molecular complexity index is 574. The first-order chi connectivity index (χ1) is 11.7. The van der Waals surface area contributed by atoms with Crippen LogP contribution in [0.15, 0.2) is 53.1 Å². The molecule has 0 saturated carbocycles. The topological polar surface area (TPSA) is 31.6 Å². The minimum absolute atomic E-state index is 0.294. The van der Waals surface area contributed by atoms with Gasteiger partial charge in [0.15, 0.2) is 0 Å². The van der Waals surface area contributed by atoms with Gasteiger partial charge in [-0.05, 0) is 57.7 Å². The zero-order chi connectivity index (χ0) is 16.8. The highest BCUT2D eigenvalue weighted by Gasteiger charge is 2.22. The van der Waals surface area contributed by atoms with Gasteiger partial charge in [0, 0.05) is 19.1 Å². The summed E-state index contributed by atoms with van der Waals surface area (Å²) in [6.07, 6.45) is 4.18. The number of nitrogens with zero attached hydrogens (tertiary/aromatic N) is 2. The summed E-state index contributed by atoms with van der Waals surface area (Å²) in [5.41, 5.74) is 1.41. The van der Waals surface area contributed by atoms with Crippen molar-refractivity contribution in [2.24, 2.45) is 0 Å². The fourth-order valence-electron chi connectivity index (χ4n) is 3.43. The Balaban J connectivity index is 1.43. The fraction of sp³-hybridized carbons (Fsp3) is 0.500. The van der Waals surface area contributed by atoms with Crippen LogP contribution >= 0.6 is 0 Å². The lowest BCUT2D eigenvalue weighted by atomic mass is 10.0. The minimum Gasteiger partial charge on any atom is -0.468 e. The van der Waals surface area contributed by atoms with Gasteiger partial charge in [-0.1, -0.05) is 30.3 Å². The molecular weight excluding hydrogens is 298 g/mol. The standard InChI is InChI=1S/C20H29N3O/c1-22(2)19(20-9-6-14-24-20)15-21-18-10-12-23(13-11-18)16-17-7-4-3-5-8-17/h3-9,14,18-19,21H,10-13,15-16H2,1-2H3. The molecule has 0 aliphatic carbocycles. The molecule has 1 saturated heterocycles. The SMILES string of the molecule is CN(C)C(CNC1CCN(Cc2ccccc2)CC1)c1ccco1. The highest BCUT2D eigenvalue weighted by atomic mass is 16.3. The lowest BCUT2D eigenvalue weighted by Gasteiger charge is -2.34. The molecule has 24 heavy (non-hydrogen) atoms. The Labute approximate surface area is 145 Å². The quantitative estimate of drug-likeness (QED) is 0.847. The maximum atomic E-state index is 5.59. The maximum Gasteiger partial charge on any atom is 0.122 e. The second-order valence-electron chi connectivity index (χ2n) is 6.94. The molecule has 1 aliphatic heterocycles. The van der Waals surface area contributed by atoms with E-state index in [4.69, 9.17) is 4.42 Å². The van der Waals surface area contributed by atoms with Crippen LogP contribution in [-0.4, -0.2) is 49.6 Å². The summed E-state index contributed by atoms with van der Waals surface area (Å²) in [6.45, 7) is 4.34. The van der Waals surface area contributed by atoms with E-state index >= 15 is 0 Å². The number of nitrogens with one attached hydrogen (secondary N) is 1. The summed E-state index contributed by atoms with van der Waals surface area (Å²) in [4.78, 5) is 4.78. The molecule has 2 heterocycles. The van der Waals surface area contributed by atoms with Crippen molar-refractivity contribution in [1.29, 1.82) is 0 Å². The lowest BCUT2D eigenvalue weighted by molar-refractivity contribution is 0.178. The van der Waals surface area contributed by atoms with Crippen molar-refractivity contribution >= 4 is 0 Å². The molecule has 2 aromatic rings. The number of hydrogen-bond acceptors (Lipinski definition) is 4. The molecule has 1 aromatic carbocycles. The predicted molar refractivity (Wildman–Crippen MR) is 97.9 cm³/mol. The summed E-state index contributed by atoms with van der Waals surface area (Å²) in [6, 6.07) is 15.7. The Morgan fingerprint density at radius 2 is 1.88 bits per heavy atom. The molecule has 1 unspecified atom stereocenters. The molecule has 1 N–H and O–H groups in total. The van der Waals surface area contributed by atoms with E-state index < -0.39 is 0 Å². The molecular formula is C20H29N3O. The third kappa shape index (κ3) is 4.69. The summed E-state index contributed by atoms with van der Waals surface area (Å²) >= 11 is 0. The second-order valence-corrected chi connectivity index (χ2v) is 6.94. The van der Waals surface area contributed by atoms with Gasteiger partial charge in [0.25, 0.3) is 0 Å². The van der Waals surface area contributed by atoms with Crippen LogP contribution in [0.25, 0.3) is 0 Å². The van der Waals surface area contributed by atoms with Crippen LogP contribution in [-0.2, 0) is 6.54 Å². The highest BCUT2D eigenvalue weighted by Crippen LogP contribution is 2.19. The largest absolute Gasteiger partial charge is 0.468 e. The first-order valence-electron chi connectivity index (χ1n) is 8.92. The summed E-state index contributed by atoms with van der Waals surface area (Å²) in [7, 11) is 4.22. The minimum atomic E-state index is 0.294. The average Bonchev–Trinajstić information content (AvgIpc) is 3.11. The van der Waals surface area contributed by atoms with Gasteiger partial charge in [0.2, 0.25) is 0 Å². The molecule has 0 spiro atoms. The normalized spacial score (nSPS) is 18.1. The number of hydrogen-bond donors (Lipinski definition) is 1. The number of furan rings is 1. The Morgan fingerprint density at radius 1 is 1.12 bits per heavy atom. The van der Waals surface area contributed by atoms with Crippen molar-refractivity contribution < 1.29 is 4.42 Å². The molecule has 1 aliphatic rings. The van der Waals surface area contributed by atoms with Crippen molar-refractivity contribution in [3.8, 4) is 0 Å². The molecule has 3 rings (SSSR count). The van der Waals surface area contributed by atoms with E-state index in [2.05, 4.69) is 65.6 Å². The first-order valence-corrected chi connectivity index (χ1v) is 8.92. The van der Waals surface area contributed by atoms with E-state index in [0.29, 0.717) is 12.1 Å². The number of likely N-dealkylation sites (N-methyl/N-ethyl adjacent to an activating group) is 1. The van der Waals surface area contributed by atoms with Gasteiger partial charge in [-0.2, -0.15) is 0 Å². The average molecular weight is 327 g/mol. The number of rotatable bonds is 7. The molecule has 0 amide bonds. The van der Waals surface area contributed by atoms with E-state index in [1.807, 2.05) is 6.07 Å². The van der Waals surface area contributed by atoms with E-state index in [0.717, 1.165) is 18.8 Å². The molecule has 1 fully saturated rings. The van der Waals surface area contributed by atoms with Gasteiger partial charge in [-0.25, -0.2) is 0 Å². The predicted octanol–water partition coefficient (Wildman–Crippen LogP) is 3.14. The van der Waals surface area contributed by atoms with Crippen LogP contribution in [0.2, 0.25) is 0 Å². The third-order valence-electron chi connectivity index (χ3n) is 4.93. The van der Waals surface area contributed by atoms with Gasteiger partial charge in [-0.3, -0.25) is 9.80 Å². The zero-order valence-corrected chi connectivity index (χ0v) is 14.8. The molecule has 1 aromatic heterocycles. The zero-order valence-electron chi connectivity index (χ0n) is 14.8. The monoisotopic (exact) mass is 327 g/mol. The van der Waals surface area contributed by atoms with Crippen LogP contribution in [0, 0.1) is 0 Å². The molecule has 130 valence electrons. The van der Waals surface area contributed by atoms with E-state index in [1.165, 1.54) is 31.5 Å². The van der Waals surface area contributed by atoms with Crippen LogP contribution in [0.3, 0.4) is 0 Å².